The molecule has 3 aromatic rings. The van der Waals surface area contributed by atoms with Crippen LogP contribution in [0.2, 0.25) is 0 Å². The summed E-state index contributed by atoms with van der Waals surface area (Å²) in [5.41, 5.74) is 3.48. The van der Waals surface area contributed by atoms with Gasteiger partial charge >= 0.3 is 5.97 Å². The monoisotopic (exact) mass is 414 g/mol. The molecule has 0 radical (unpaired) electrons. The second-order valence-electron chi connectivity index (χ2n) is 6.89. The van der Waals surface area contributed by atoms with Gasteiger partial charge in [-0.15, -0.1) is 0 Å². The van der Waals surface area contributed by atoms with Gasteiger partial charge < -0.3 is 15.4 Å². The van der Waals surface area contributed by atoms with E-state index in [1.54, 1.807) is 48.5 Å². The van der Waals surface area contributed by atoms with E-state index in [1.165, 1.54) is 19.1 Å². The van der Waals surface area contributed by atoms with Gasteiger partial charge in [-0.2, -0.15) is 0 Å². The van der Waals surface area contributed by atoms with Gasteiger partial charge in [0.1, 0.15) is 5.75 Å². The van der Waals surface area contributed by atoms with Crippen LogP contribution in [0.5, 0.6) is 5.75 Å². The predicted molar refractivity (Wildman–Crippen MR) is 121 cm³/mol. The first kappa shape index (κ1) is 21.5. The minimum absolute atomic E-state index is 0.280. The molecule has 0 saturated carbocycles. The Morgan fingerprint density at radius 1 is 0.839 bits per heavy atom. The van der Waals surface area contributed by atoms with Crippen molar-refractivity contribution in [3.63, 3.8) is 0 Å². The molecule has 0 spiro atoms. The van der Waals surface area contributed by atoms with E-state index in [2.05, 4.69) is 10.6 Å². The summed E-state index contributed by atoms with van der Waals surface area (Å²) in [6, 6.07) is 21.0. The maximum absolute atomic E-state index is 12.5. The third-order valence-corrected chi connectivity index (χ3v) is 4.25. The maximum atomic E-state index is 12.5. The van der Waals surface area contributed by atoms with Crippen LogP contribution < -0.4 is 15.4 Å². The smallest absolute Gasteiger partial charge is 0.308 e. The summed E-state index contributed by atoms with van der Waals surface area (Å²) in [7, 11) is 0. The van der Waals surface area contributed by atoms with Crippen LogP contribution in [0, 0.1) is 6.92 Å². The number of aryl methyl sites for hydroxylation is 1. The Morgan fingerprint density at radius 3 is 2.23 bits per heavy atom. The standard InChI is InChI=1S/C25H22N2O4/c1-17-9-11-19(12-10-17)13-14-24(29)26-21-6-4-7-22(16-21)27-25(30)20-5-3-8-23(15-20)31-18(2)28/h3-16H,1-2H3,(H,26,29)(H,27,30)/b14-13+. The molecule has 0 heterocycles. The Kier molecular flexibility index (Phi) is 6.96. The van der Waals surface area contributed by atoms with Gasteiger partial charge in [0.15, 0.2) is 0 Å². The number of rotatable bonds is 6. The van der Waals surface area contributed by atoms with Crippen LogP contribution in [0.15, 0.2) is 78.9 Å². The number of benzene rings is 3. The fraction of sp³-hybridized carbons (Fsp3) is 0.0800. The molecule has 156 valence electrons. The van der Waals surface area contributed by atoms with E-state index in [9.17, 15) is 14.4 Å². The van der Waals surface area contributed by atoms with E-state index in [0.29, 0.717) is 22.7 Å². The SMILES string of the molecule is CC(=O)Oc1cccc(C(=O)Nc2cccc(NC(=O)/C=C/c3ccc(C)cc3)c2)c1. The molecule has 2 N–H and O–H groups in total. The average molecular weight is 414 g/mol. The van der Waals surface area contributed by atoms with Crippen molar-refractivity contribution >= 4 is 35.2 Å². The highest BCUT2D eigenvalue weighted by atomic mass is 16.5. The molecule has 0 saturated heterocycles. The molecular formula is C25H22N2O4. The summed E-state index contributed by atoms with van der Waals surface area (Å²) in [6.07, 6.45) is 3.19. The van der Waals surface area contributed by atoms with Gasteiger partial charge in [0.25, 0.3) is 5.91 Å². The van der Waals surface area contributed by atoms with Crippen molar-refractivity contribution in [3.8, 4) is 5.75 Å². The third kappa shape index (κ3) is 6.68. The molecule has 0 atom stereocenters. The lowest BCUT2D eigenvalue weighted by Gasteiger charge is -2.09. The topological polar surface area (TPSA) is 84.5 Å². The number of carbonyl (C=O) groups excluding carboxylic acids is 3. The Hall–Kier alpha value is -4.19. The van der Waals surface area contributed by atoms with E-state index >= 15 is 0 Å². The fourth-order valence-corrected chi connectivity index (χ4v) is 2.78. The molecule has 31 heavy (non-hydrogen) atoms. The molecule has 3 rings (SSSR count). The first-order chi connectivity index (χ1) is 14.9. The fourth-order valence-electron chi connectivity index (χ4n) is 2.78. The molecule has 0 aliphatic rings. The molecule has 6 nitrogen and oxygen atoms in total. The zero-order valence-electron chi connectivity index (χ0n) is 17.2. The van der Waals surface area contributed by atoms with Crippen LogP contribution in [0.3, 0.4) is 0 Å². The Bertz CT molecular complexity index is 1130. The summed E-state index contributed by atoms with van der Waals surface area (Å²) < 4.78 is 5.01. The normalized spacial score (nSPS) is 10.5. The van der Waals surface area contributed by atoms with E-state index in [0.717, 1.165) is 11.1 Å². The van der Waals surface area contributed by atoms with E-state index in [-0.39, 0.29) is 11.8 Å². The summed E-state index contributed by atoms with van der Waals surface area (Å²) in [6.45, 7) is 3.30. The molecule has 0 bridgehead atoms. The van der Waals surface area contributed by atoms with Crippen LogP contribution in [-0.4, -0.2) is 17.8 Å². The van der Waals surface area contributed by atoms with Crippen molar-refractivity contribution in [3.05, 3.63) is 95.6 Å². The van der Waals surface area contributed by atoms with Gasteiger partial charge in [0.2, 0.25) is 5.91 Å². The van der Waals surface area contributed by atoms with Crippen molar-refractivity contribution in [1.29, 1.82) is 0 Å². The number of nitrogens with one attached hydrogen (secondary N) is 2. The Balaban J connectivity index is 1.63. The molecule has 6 heteroatoms. The van der Waals surface area contributed by atoms with E-state index in [1.807, 2.05) is 31.2 Å². The number of carbonyl (C=O) groups is 3. The first-order valence-electron chi connectivity index (χ1n) is 9.65. The second-order valence-corrected chi connectivity index (χ2v) is 6.89. The number of hydrogen-bond donors (Lipinski definition) is 2. The number of anilines is 2. The largest absolute Gasteiger partial charge is 0.427 e. The summed E-state index contributed by atoms with van der Waals surface area (Å²) in [5, 5.41) is 5.54. The van der Waals surface area contributed by atoms with Crippen molar-refractivity contribution < 1.29 is 19.1 Å². The lowest BCUT2D eigenvalue weighted by molar-refractivity contribution is -0.131. The van der Waals surface area contributed by atoms with Gasteiger partial charge in [-0.05, 0) is 55.0 Å². The molecule has 2 amide bonds. The van der Waals surface area contributed by atoms with Crippen LogP contribution in [0.4, 0.5) is 11.4 Å². The number of hydrogen-bond acceptors (Lipinski definition) is 4. The highest BCUT2D eigenvalue weighted by Crippen LogP contribution is 2.18. The lowest BCUT2D eigenvalue weighted by atomic mass is 10.1. The van der Waals surface area contributed by atoms with Crippen LogP contribution in [-0.2, 0) is 9.59 Å². The molecule has 0 aliphatic carbocycles. The summed E-state index contributed by atoms with van der Waals surface area (Å²) in [4.78, 5) is 35.8. The zero-order chi connectivity index (χ0) is 22.2. The predicted octanol–water partition coefficient (Wildman–Crippen LogP) is 4.82. The summed E-state index contributed by atoms with van der Waals surface area (Å²) >= 11 is 0. The van der Waals surface area contributed by atoms with Crippen molar-refractivity contribution in [1.82, 2.24) is 0 Å². The van der Waals surface area contributed by atoms with Crippen molar-refractivity contribution in [2.24, 2.45) is 0 Å². The van der Waals surface area contributed by atoms with Gasteiger partial charge in [-0.3, -0.25) is 14.4 Å². The zero-order valence-corrected chi connectivity index (χ0v) is 17.2. The van der Waals surface area contributed by atoms with Crippen molar-refractivity contribution in [2.45, 2.75) is 13.8 Å². The van der Waals surface area contributed by atoms with Crippen molar-refractivity contribution in [2.75, 3.05) is 10.6 Å². The molecule has 0 unspecified atom stereocenters. The highest BCUT2D eigenvalue weighted by molar-refractivity contribution is 6.05. The van der Waals surface area contributed by atoms with Crippen LogP contribution in [0.1, 0.15) is 28.4 Å². The highest BCUT2D eigenvalue weighted by Gasteiger charge is 2.09. The minimum Gasteiger partial charge on any atom is -0.427 e. The molecule has 0 fully saturated rings. The number of esters is 1. The van der Waals surface area contributed by atoms with Gasteiger partial charge in [-0.25, -0.2) is 0 Å². The first-order valence-corrected chi connectivity index (χ1v) is 9.65. The molecule has 0 aliphatic heterocycles. The number of ether oxygens (including phenoxy) is 1. The minimum atomic E-state index is -0.461. The molecule has 3 aromatic carbocycles. The van der Waals surface area contributed by atoms with Crippen LogP contribution >= 0.6 is 0 Å². The number of amides is 2. The van der Waals surface area contributed by atoms with Gasteiger partial charge in [0.05, 0.1) is 0 Å². The lowest BCUT2D eigenvalue weighted by Crippen LogP contribution is -2.13. The average Bonchev–Trinajstić information content (AvgIpc) is 2.73. The van der Waals surface area contributed by atoms with Gasteiger partial charge in [-0.1, -0.05) is 42.0 Å². The second kappa shape index (κ2) is 10.0. The quantitative estimate of drug-likeness (QED) is 0.344. The molecular weight excluding hydrogens is 392 g/mol. The van der Waals surface area contributed by atoms with E-state index in [4.69, 9.17) is 4.74 Å². The third-order valence-electron chi connectivity index (χ3n) is 4.25. The van der Waals surface area contributed by atoms with Crippen LogP contribution in [0.25, 0.3) is 6.08 Å². The van der Waals surface area contributed by atoms with E-state index < -0.39 is 5.97 Å². The summed E-state index contributed by atoms with van der Waals surface area (Å²) in [5.74, 6) is -0.811. The Morgan fingerprint density at radius 2 is 1.52 bits per heavy atom. The maximum Gasteiger partial charge on any atom is 0.308 e. The van der Waals surface area contributed by atoms with Gasteiger partial charge in [0, 0.05) is 29.9 Å². The molecule has 0 aromatic heterocycles. The Labute approximate surface area is 180 Å².